The van der Waals surface area contributed by atoms with E-state index in [4.69, 9.17) is 17.3 Å². The molecule has 3 rings (SSSR count). The van der Waals surface area contributed by atoms with Gasteiger partial charge in [0.05, 0.1) is 12.1 Å². The summed E-state index contributed by atoms with van der Waals surface area (Å²) in [5.41, 5.74) is 6.61. The molecule has 0 saturated carbocycles. The highest BCUT2D eigenvalue weighted by molar-refractivity contribution is 6.30. The van der Waals surface area contributed by atoms with Gasteiger partial charge in [0.2, 0.25) is 0 Å². The van der Waals surface area contributed by atoms with Crippen LogP contribution < -0.4 is 5.73 Å². The van der Waals surface area contributed by atoms with E-state index in [-0.39, 0.29) is 12.1 Å². The first kappa shape index (κ1) is 15.8. The van der Waals surface area contributed by atoms with Crippen LogP contribution in [0.15, 0.2) is 24.3 Å². The Morgan fingerprint density at radius 2 is 2.04 bits per heavy atom. The van der Waals surface area contributed by atoms with E-state index in [1.807, 2.05) is 31.2 Å². The Hall–Kier alpha value is -2.08. The Morgan fingerprint density at radius 3 is 2.70 bits per heavy atom. The monoisotopic (exact) mass is 333 g/mol. The molecular formula is C16H20ClN5O. The Balaban J connectivity index is 1.98. The van der Waals surface area contributed by atoms with Crippen molar-refractivity contribution in [2.45, 2.75) is 38.8 Å². The van der Waals surface area contributed by atoms with Crippen molar-refractivity contribution in [2.75, 3.05) is 6.54 Å². The molecule has 0 aliphatic carbocycles. The Morgan fingerprint density at radius 1 is 1.35 bits per heavy atom. The summed E-state index contributed by atoms with van der Waals surface area (Å²) in [5, 5.41) is 9.27. The number of hydrogen-bond acceptors (Lipinski definition) is 3. The zero-order valence-electron chi connectivity index (χ0n) is 13.2. The highest BCUT2D eigenvalue weighted by Crippen LogP contribution is 2.33. The second-order valence-corrected chi connectivity index (χ2v) is 6.33. The van der Waals surface area contributed by atoms with Crippen LogP contribution in [-0.2, 0) is 0 Å². The normalized spacial score (nSPS) is 19.1. The molecule has 1 saturated heterocycles. The van der Waals surface area contributed by atoms with Gasteiger partial charge in [-0.05, 0) is 44.4 Å². The van der Waals surface area contributed by atoms with Gasteiger partial charge in [-0.1, -0.05) is 23.7 Å². The molecule has 2 heterocycles. The van der Waals surface area contributed by atoms with Gasteiger partial charge in [-0.3, -0.25) is 0 Å². The van der Waals surface area contributed by atoms with E-state index >= 15 is 0 Å². The highest BCUT2D eigenvalue weighted by atomic mass is 35.5. The van der Waals surface area contributed by atoms with Crippen molar-refractivity contribution in [1.29, 1.82) is 0 Å². The second kappa shape index (κ2) is 6.20. The van der Waals surface area contributed by atoms with Crippen LogP contribution in [0.2, 0.25) is 5.02 Å². The van der Waals surface area contributed by atoms with Crippen LogP contribution in [0.3, 0.4) is 0 Å². The Bertz CT molecular complexity index is 712. The van der Waals surface area contributed by atoms with Gasteiger partial charge in [0.25, 0.3) is 0 Å². The predicted octanol–water partition coefficient (Wildman–Crippen LogP) is 3.06. The molecule has 2 amide bonds. The summed E-state index contributed by atoms with van der Waals surface area (Å²) in [6.45, 7) is 4.68. The van der Waals surface area contributed by atoms with E-state index in [9.17, 15) is 4.79 Å². The average Bonchev–Trinajstić information content (AvgIpc) is 3.13. The first-order valence-corrected chi connectivity index (χ1v) is 8.09. The van der Waals surface area contributed by atoms with Gasteiger partial charge in [0.1, 0.15) is 5.82 Å². The number of hydrogen-bond donors (Lipinski definition) is 1. The van der Waals surface area contributed by atoms with Crippen LogP contribution in [0.1, 0.15) is 49.1 Å². The molecule has 0 unspecified atom stereocenters. The maximum atomic E-state index is 11.7. The number of likely N-dealkylation sites (tertiary alicyclic amines) is 1. The third kappa shape index (κ3) is 2.91. The lowest BCUT2D eigenvalue weighted by molar-refractivity contribution is 0.199. The molecule has 6 nitrogen and oxygen atoms in total. The summed E-state index contributed by atoms with van der Waals surface area (Å²) in [6, 6.07) is 7.28. The molecule has 2 atom stereocenters. The van der Waals surface area contributed by atoms with Crippen molar-refractivity contribution >= 4 is 17.6 Å². The lowest BCUT2D eigenvalue weighted by atomic mass is 10.1. The maximum Gasteiger partial charge on any atom is 0.315 e. The summed E-state index contributed by atoms with van der Waals surface area (Å²) < 4.78 is 2.08. The molecule has 23 heavy (non-hydrogen) atoms. The van der Waals surface area contributed by atoms with Gasteiger partial charge in [-0.2, -0.15) is 0 Å². The van der Waals surface area contributed by atoms with E-state index in [2.05, 4.69) is 21.7 Å². The van der Waals surface area contributed by atoms with Crippen molar-refractivity contribution in [2.24, 2.45) is 5.73 Å². The van der Waals surface area contributed by atoms with Gasteiger partial charge in [0.15, 0.2) is 5.82 Å². The fraction of sp³-hybridized carbons (Fsp3) is 0.438. The van der Waals surface area contributed by atoms with Crippen LogP contribution in [0.25, 0.3) is 0 Å². The Labute approximate surface area is 140 Å². The van der Waals surface area contributed by atoms with E-state index in [0.717, 1.165) is 30.1 Å². The fourth-order valence-electron chi connectivity index (χ4n) is 3.28. The van der Waals surface area contributed by atoms with Crippen molar-refractivity contribution in [3.63, 3.8) is 0 Å². The Kier molecular flexibility index (Phi) is 4.26. The molecule has 7 heteroatoms. The zero-order valence-corrected chi connectivity index (χ0v) is 14.0. The molecule has 1 fully saturated rings. The molecule has 2 aromatic rings. The van der Waals surface area contributed by atoms with Crippen molar-refractivity contribution in [3.05, 3.63) is 46.5 Å². The van der Waals surface area contributed by atoms with Crippen LogP contribution in [-0.4, -0.2) is 32.2 Å². The number of nitrogens with two attached hydrogens (primary N) is 1. The molecule has 122 valence electrons. The van der Waals surface area contributed by atoms with Gasteiger partial charge in [-0.25, -0.2) is 4.79 Å². The third-order valence-electron chi connectivity index (χ3n) is 4.47. The number of benzene rings is 1. The second-order valence-electron chi connectivity index (χ2n) is 5.89. The molecular weight excluding hydrogens is 314 g/mol. The molecule has 0 spiro atoms. The minimum atomic E-state index is -0.404. The SMILES string of the molecule is Cc1nnc([C@H]2CCCN2C(N)=O)n1[C@@H](C)c1ccc(Cl)cc1. The van der Waals surface area contributed by atoms with Crippen molar-refractivity contribution in [1.82, 2.24) is 19.7 Å². The first-order chi connectivity index (χ1) is 11.0. The number of rotatable bonds is 3. The minimum Gasteiger partial charge on any atom is -0.351 e. The quantitative estimate of drug-likeness (QED) is 0.937. The summed E-state index contributed by atoms with van der Waals surface area (Å²) in [6.07, 6.45) is 1.78. The first-order valence-electron chi connectivity index (χ1n) is 7.72. The number of urea groups is 1. The summed E-state index contributed by atoms with van der Waals surface area (Å²) in [4.78, 5) is 13.3. The summed E-state index contributed by atoms with van der Waals surface area (Å²) in [5.74, 6) is 1.61. The van der Waals surface area contributed by atoms with Crippen LogP contribution in [0.5, 0.6) is 0 Å². The number of aryl methyl sites for hydroxylation is 1. The standard InChI is InChI=1S/C16H20ClN5O/c1-10(12-5-7-13(17)8-6-12)22-11(2)19-20-15(22)14-4-3-9-21(14)16(18)23/h5-8,10,14H,3-4,9H2,1-2H3,(H2,18,23)/t10-,14+/m0/s1. The smallest absolute Gasteiger partial charge is 0.315 e. The largest absolute Gasteiger partial charge is 0.351 e. The fourth-order valence-corrected chi connectivity index (χ4v) is 3.41. The van der Waals surface area contributed by atoms with Crippen LogP contribution in [0.4, 0.5) is 4.79 Å². The molecule has 0 radical (unpaired) electrons. The summed E-state index contributed by atoms with van der Waals surface area (Å²) >= 11 is 5.97. The number of halogens is 1. The lowest BCUT2D eigenvalue weighted by Gasteiger charge is -2.25. The lowest BCUT2D eigenvalue weighted by Crippen LogP contribution is -2.36. The van der Waals surface area contributed by atoms with Gasteiger partial charge in [0, 0.05) is 11.6 Å². The van der Waals surface area contributed by atoms with Crippen molar-refractivity contribution < 1.29 is 4.79 Å². The van der Waals surface area contributed by atoms with E-state index < -0.39 is 6.03 Å². The number of amides is 2. The highest BCUT2D eigenvalue weighted by Gasteiger charge is 2.33. The third-order valence-corrected chi connectivity index (χ3v) is 4.72. The number of aromatic nitrogens is 3. The maximum absolute atomic E-state index is 11.7. The molecule has 2 N–H and O–H groups in total. The van der Waals surface area contributed by atoms with Crippen molar-refractivity contribution in [3.8, 4) is 0 Å². The number of carbonyl (C=O) groups is 1. The molecule has 0 bridgehead atoms. The zero-order chi connectivity index (χ0) is 16.6. The molecule has 1 aromatic carbocycles. The van der Waals surface area contributed by atoms with Gasteiger partial charge < -0.3 is 15.2 Å². The molecule has 1 aliphatic rings. The number of carbonyl (C=O) groups excluding carboxylic acids is 1. The van der Waals surface area contributed by atoms with Gasteiger partial charge >= 0.3 is 6.03 Å². The van der Waals surface area contributed by atoms with E-state index in [1.54, 1.807) is 4.90 Å². The topological polar surface area (TPSA) is 77.0 Å². The molecule has 1 aliphatic heterocycles. The number of primary amides is 1. The predicted molar refractivity (Wildman–Crippen MR) is 88.3 cm³/mol. The number of nitrogens with zero attached hydrogens (tertiary/aromatic N) is 4. The van der Waals surface area contributed by atoms with Crippen LogP contribution in [0, 0.1) is 6.92 Å². The van der Waals surface area contributed by atoms with E-state index in [0.29, 0.717) is 11.6 Å². The minimum absolute atomic E-state index is 0.0487. The average molecular weight is 334 g/mol. The van der Waals surface area contributed by atoms with Gasteiger partial charge in [-0.15, -0.1) is 10.2 Å². The molecule has 1 aromatic heterocycles. The van der Waals surface area contributed by atoms with E-state index in [1.165, 1.54) is 0 Å². The van der Waals surface area contributed by atoms with Crippen LogP contribution >= 0.6 is 11.6 Å². The summed E-state index contributed by atoms with van der Waals surface area (Å²) in [7, 11) is 0.